The highest BCUT2D eigenvalue weighted by Crippen LogP contribution is 2.35. The SMILES string of the molecule is N#Cc1c(-c2ccccc2)csc1NC(=O)CSc1cccc(NC(=O)/C(=C\c2ccc(-c3ccccc3)cc2)NC(=O)c2ccccc2)c1. The van der Waals surface area contributed by atoms with Gasteiger partial charge in [0.1, 0.15) is 16.8 Å². The number of carbonyl (C=O) groups excluding carboxylic acids is 3. The van der Waals surface area contributed by atoms with Crippen LogP contribution in [0.3, 0.4) is 0 Å². The number of rotatable bonds is 11. The van der Waals surface area contributed by atoms with Gasteiger partial charge in [0.05, 0.1) is 11.3 Å². The van der Waals surface area contributed by atoms with Crippen LogP contribution < -0.4 is 16.0 Å². The topological polar surface area (TPSA) is 111 Å². The van der Waals surface area contributed by atoms with Gasteiger partial charge in [-0.15, -0.1) is 23.1 Å². The number of nitrogens with one attached hydrogen (secondary N) is 3. The Labute approximate surface area is 298 Å². The minimum Gasteiger partial charge on any atom is -0.321 e. The van der Waals surface area contributed by atoms with Gasteiger partial charge >= 0.3 is 0 Å². The van der Waals surface area contributed by atoms with Crippen molar-refractivity contribution in [1.29, 1.82) is 5.26 Å². The molecule has 6 aromatic rings. The van der Waals surface area contributed by atoms with E-state index in [1.54, 1.807) is 48.5 Å². The number of thioether (sulfide) groups is 1. The second-order valence-electron chi connectivity index (χ2n) is 11.0. The van der Waals surface area contributed by atoms with Crippen molar-refractivity contribution in [3.05, 3.63) is 167 Å². The van der Waals surface area contributed by atoms with Gasteiger partial charge in [-0.3, -0.25) is 14.4 Å². The highest BCUT2D eigenvalue weighted by molar-refractivity contribution is 8.00. The summed E-state index contributed by atoms with van der Waals surface area (Å²) in [5, 5.41) is 20.7. The van der Waals surface area contributed by atoms with Crippen molar-refractivity contribution in [2.75, 3.05) is 16.4 Å². The van der Waals surface area contributed by atoms with E-state index in [9.17, 15) is 19.6 Å². The Bertz CT molecular complexity index is 2190. The standard InChI is InChI=1S/C41H30N4O3S2/c42-25-35-36(31-13-6-2-7-14-31)26-50-41(35)45-38(46)27-49-34-18-10-17-33(24-34)43-40(48)37(44-39(47)32-15-8-3-9-16-32)23-28-19-21-30(22-20-28)29-11-4-1-5-12-29/h1-24,26H,27H2,(H,43,48)(H,44,47)(H,45,46)/b37-23+. The van der Waals surface area contributed by atoms with Gasteiger partial charge in [-0.1, -0.05) is 109 Å². The van der Waals surface area contributed by atoms with Gasteiger partial charge in [-0.2, -0.15) is 5.26 Å². The molecule has 3 amide bonds. The average Bonchev–Trinajstić information content (AvgIpc) is 3.57. The molecule has 6 rings (SSSR count). The Morgan fingerprint density at radius 3 is 2.04 bits per heavy atom. The van der Waals surface area contributed by atoms with Crippen LogP contribution in [-0.4, -0.2) is 23.5 Å². The average molecular weight is 691 g/mol. The van der Waals surface area contributed by atoms with Gasteiger partial charge in [0, 0.05) is 27.1 Å². The first-order chi connectivity index (χ1) is 24.5. The van der Waals surface area contributed by atoms with E-state index in [0.29, 0.717) is 21.8 Å². The summed E-state index contributed by atoms with van der Waals surface area (Å²) in [4.78, 5) is 40.4. The van der Waals surface area contributed by atoms with Gasteiger partial charge in [-0.25, -0.2) is 0 Å². The van der Waals surface area contributed by atoms with Crippen LogP contribution >= 0.6 is 23.1 Å². The third kappa shape index (κ3) is 8.62. The second-order valence-corrected chi connectivity index (χ2v) is 12.9. The number of carbonyl (C=O) groups is 3. The van der Waals surface area contributed by atoms with Gasteiger partial charge in [-0.05, 0) is 58.7 Å². The van der Waals surface area contributed by atoms with E-state index in [2.05, 4.69) is 22.0 Å². The normalized spacial score (nSPS) is 10.9. The lowest BCUT2D eigenvalue weighted by atomic mass is 10.0. The van der Waals surface area contributed by atoms with Crippen molar-refractivity contribution >= 4 is 57.6 Å². The molecule has 0 aliphatic rings. The second kappa shape index (κ2) is 16.3. The van der Waals surface area contributed by atoms with Gasteiger partial charge in [0.15, 0.2) is 0 Å². The zero-order chi connectivity index (χ0) is 34.7. The van der Waals surface area contributed by atoms with E-state index in [-0.39, 0.29) is 17.4 Å². The van der Waals surface area contributed by atoms with Crippen LogP contribution in [0.1, 0.15) is 21.5 Å². The molecule has 244 valence electrons. The molecule has 0 fully saturated rings. The molecule has 9 heteroatoms. The van der Waals surface area contributed by atoms with Crippen LogP contribution in [-0.2, 0) is 9.59 Å². The molecule has 1 aromatic heterocycles. The lowest BCUT2D eigenvalue weighted by molar-refractivity contribution is -0.114. The summed E-state index contributed by atoms with van der Waals surface area (Å²) in [6.07, 6.45) is 1.64. The molecule has 1 heterocycles. The molecule has 0 bridgehead atoms. The van der Waals surface area contributed by atoms with Crippen molar-refractivity contribution in [2.24, 2.45) is 0 Å². The molecule has 0 aliphatic carbocycles. The molecule has 0 radical (unpaired) electrons. The number of hydrogen-bond acceptors (Lipinski definition) is 6. The summed E-state index contributed by atoms with van der Waals surface area (Å²) in [5.41, 5.74) is 5.95. The number of nitrogens with zero attached hydrogens (tertiary/aromatic N) is 1. The first-order valence-electron chi connectivity index (χ1n) is 15.6. The van der Waals surface area contributed by atoms with E-state index < -0.39 is 11.8 Å². The Morgan fingerprint density at radius 1 is 0.720 bits per heavy atom. The van der Waals surface area contributed by atoms with Crippen LogP contribution in [0.4, 0.5) is 10.7 Å². The molecule has 5 aromatic carbocycles. The zero-order valence-electron chi connectivity index (χ0n) is 26.6. The van der Waals surface area contributed by atoms with Crippen molar-refractivity contribution in [3.8, 4) is 28.3 Å². The number of thiophene rings is 1. The fourth-order valence-electron chi connectivity index (χ4n) is 5.08. The molecule has 50 heavy (non-hydrogen) atoms. The quantitative estimate of drug-likeness (QED) is 0.0928. The summed E-state index contributed by atoms with van der Waals surface area (Å²) in [6.45, 7) is 0. The highest BCUT2D eigenvalue weighted by Gasteiger charge is 2.17. The lowest BCUT2D eigenvalue weighted by Gasteiger charge is -2.12. The number of anilines is 2. The van der Waals surface area contributed by atoms with Crippen LogP contribution in [0.25, 0.3) is 28.3 Å². The maximum Gasteiger partial charge on any atom is 0.272 e. The number of benzene rings is 5. The monoisotopic (exact) mass is 690 g/mol. The molecule has 3 N–H and O–H groups in total. The third-order valence-electron chi connectivity index (χ3n) is 7.56. The lowest BCUT2D eigenvalue weighted by Crippen LogP contribution is -2.30. The number of nitriles is 1. The van der Waals surface area contributed by atoms with Crippen LogP contribution in [0.2, 0.25) is 0 Å². The minimum atomic E-state index is -0.503. The van der Waals surface area contributed by atoms with Crippen molar-refractivity contribution < 1.29 is 14.4 Å². The summed E-state index contributed by atoms with van der Waals surface area (Å²) in [6, 6.07) is 45.3. The van der Waals surface area contributed by atoms with Crippen molar-refractivity contribution in [2.45, 2.75) is 4.90 Å². The fourth-order valence-corrected chi connectivity index (χ4v) is 6.77. The van der Waals surface area contributed by atoms with E-state index >= 15 is 0 Å². The number of hydrogen-bond donors (Lipinski definition) is 3. The van der Waals surface area contributed by atoms with E-state index in [1.165, 1.54) is 23.1 Å². The van der Waals surface area contributed by atoms with Crippen molar-refractivity contribution in [1.82, 2.24) is 5.32 Å². The first kappa shape index (κ1) is 33.7. The summed E-state index contributed by atoms with van der Waals surface area (Å²) in [7, 11) is 0. The van der Waals surface area contributed by atoms with E-state index in [0.717, 1.165) is 32.7 Å². The fraction of sp³-hybridized carbons (Fsp3) is 0.0244. The first-order valence-corrected chi connectivity index (χ1v) is 17.5. The maximum atomic E-state index is 13.6. The van der Waals surface area contributed by atoms with Gasteiger partial charge < -0.3 is 16.0 Å². The predicted octanol–water partition coefficient (Wildman–Crippen LogP) is 9.09. The molecule has 0 spiro atoms. The summed E-state index contributed by atoms with van der Waals surface area (Å²) < 4.78 is 0. The maximum absolute atomic E-state index is 13.6. The Balaban J connectivity index is 1.14. The molecule has 0 saturated carbocycles. The molecular weight excluding hydrogens is 661 g/mol. The van der Waals surface area contributed by atoms with Gasteiger partial charge in [0.25, 0.3) is 11.8 Å². The van der Waals surface area contributed by atoms with E-state index in [4.69, 9.17) is 0 Å². The Hall–Kier alpha value is -6.21. The highest BCUT2D eigenvalue weighted by atomic mass is 32.2. The molecule has 0 unspecified atom stereocenters. The molecular formula is C41H30N4O3S2. The number of amides is 3. The smallest absolute Gasteiger partial charge is 0.272 e. The predicted molar refractivity (Wildman–Crippen MR) is 203 cm³/mol. The molecule has 0 atom stereocenters. The largest absolute Gasteiger partial charge is 0.321 e. The summed E-state index contributed by atoms with van der Waals surface area (Å²) in [5.74, 6) is -1.07. The van der Waals surface area contributed by atoms with Crippen molar-refractivity contribution in [3.63, 3.8) is 0 Å². The molecule has 0 saturated heterocycles. The summed E-state index contributed by atoms with van der Waals surface area (Å²) >= 11 is 2.61. The third-order valence-corrected chi connectivity index (χ3v) is 9.45. The van der Waals surface area contributed by atoms with E-state index in [1.807, 2.05) is 102 Å². The zero-order valence-corrected chi connectivity index (χ0v) is 28.3. The molecule has 7 nitrogen and oxygen atoms in total. The molecule has 0 aliphatic heterocycles. The van der Waals surface area contributed by atoms with Gasteiger partial charge in [0.2, 0.25) is 5.91 Å². The van der Waals surface area contributed by atoms with Crippen LogP contribution in [0, 0.1) is 11.3 Å². The van der Waals surface area contributed by atoms with Crippen LogP contribution in [0.5, 0.6) is 0 Å². The minimum absolute atomic E-state index is 0.0721. The van der Waals surface area contributed by atoms with Crippen LogP contribution in [0.15, 0.2) is 155 Å². The Morgan fingerprint density at radius 2 is 1.36 bits per heavy atom. The Kier molecular flexibility index (Phi) is 11.0.